The van der Waals surface area contributed by atoms with Crippen molar-refractivity contribution < 1.29 is 21.5 Å². The summed E-state index contributed by atoms with van der Waals surface area (Å²) in [5.74, 6) is -2.16. The van der Waals surface area contributed by atoms with E-state index in [-0.39, 0.29) is 24.7 Å². The third-order valence-electron chi connectivity index (χ3n) is 2.62. The predicted molar refractivity (Wildman–Crippen MR) is 59.5 cm³/mol. The Hall–Kier alpha value is -1.57. The van der Waals surface area contributed by atoms with Gasteiger partial charge in [-0.2, -0.15) is 8.42 Å². The summed E-state index contributed by atoms with van der Waals surface area (Å²) in [4.78, 5) is 16.6. The quantitative estimate of drug-likeness (QED) is 0.768. The van der Waals surface area contributed by atoms with Gasteiger partial charge in [0.25, 0.3) is 0 Å². The van der Waals surface area contributed by atoms with Crippen LogP contribution in [0, 0.1) is 11.7 Å². The van der Waals surface area contributed by atoms with Crippen LogP contribution in [-0.2, 0) is 15.0 Å². The number of carbonyl (C=O) groups excluding carboxylic acids is 1. The van der Waals surface area contributed by atoms with Crippen LogP contribution in [0.3, 0.4) is 0 Å². The van der Waals surface area contributed by atoms with Gasteiger partial charge in [-0.15, -0.1) is 3.89 Å². The number of halogens is 2. The fourth-order valence-electron chi connectivity index (χ4n) is 1.94. The topological polar surface area (TPSA) is 67.3 Å². The molecule has 1 aliphatic rings. The molecule has 98 valence electrons. The van der Waals surface area contributed by atoms with Gasteiger partial charge in [-0.25, -0.2) is 9.37 Å². The van der Waals surface area contributed by atoms with Crippen LogP contribution in [-0.4, -0.2) is 31.6 Å². The third-order valence-corrected chi connectivity index (χ3v) is 3.49. The van der Waals surface area contributed by atoms with Crippen LogP contribution >= 0.6 is 0 Å². The summed E-state index contributed by atoms with van der Waals surface area (Å²) in [6, 6.07) is 2.21. The number of carbonyl (C=O) groups is 1. The molecule has 0 bridgehead atoms. The van der Waals surface area contributed by atoms with Gasteiger partial charge in [-0.3, -0.25) is 9.69 Å². The molecule has 1 saturated heterocycles. The smallest absolute Gasteiger partial charge is 0.296 e. The second kappa shape index (κ2) is 4.60. The second-order valence-corrected chi connectivity index (χ2v) is 5.52. The molecule has 1 unspecified atom stereocenters. The molecule has 8 heteroatoms. The van der Waals surface area contributed by atoms with Crippen molar-refractivity contribution in [2.24, 2.45) is 5.92 Å². The maximum atomic E-state index is 13.0. The van der Waals surface area contributed by atoms with E-state index in [4.69, 9.17) is 0 Å². The van der Waals surface area contributed by atoms with Crippen molar-refractivity contribution in [2.45, 2.75) is 6.42 Å². The van der Waals surface area contributed by atoms with Gasteiger partial charge in [0, 0.05) is 31.1 Å². The molecule has 2 rings (SSSR count). The number of rotatable bonds is 3. The monoisotopic (exact) mass is 276 g/mol. The van der Waals surface area contributed by atoms with E-state index >= 15 is 0 Å². The van der Waals surface area contributed by atoms with Gasteiger partial charge in [-0.05, 0) is 6.07 Å². The summed E-state index contributed by atoms with van der Waals surface area (Å²) in [7, 11) is -4.62. The molecule has 1 amide bonds. The van der Waals surface area contributed by atoms with Crippen LogP contribution in [0.4, 0.5) is 14.1 Å². The first kappa shape index (κ1) is 12.9. The van der Waals surface area contributed by atoms with Crippen LogP contribution in [0.5, 0.6) is 0 Å². The molecule has 0 radical (unpaired) electrons. The molecule has 1 atom stereocenters. The van der Waals surface area contributed by atoms with Crippen molar-refractivity contribution in [1.82, 2.24) is 4.98 Å². The van der Waals surface area contributed by atoms with Crippen molar-refractivity contribution in [2.75, 3.05) is 17.2 Å². The van der Waals surface area contributed by atoms with E-state index in [0.717, 1.165) is 12.1 Å². The second-order valence-electron chi connectivity index (χ2n) is 4.11. The minimum Gasteiger partial charge on any atom is -0.296 e. The number of aromatic nitrogens is 1. The lowest BCUT2D eigenvalue weighted by Gasteiger charge is -2.14. The van der Waals surface area contributed by atoms with Crippen molar-refractivity contribution in [3.63, 3.8) is 0 Å². The van der Waals surface area contributed by atoms with Crippen LogP contribution in [0.25, 0.3) is 0 Å². The highest BCUT2D eigenvalue weighted by Gasteiger charge is 2.34. The average molecular weight is 276 g/mol. The number of anilines is 1. The van der Waals surface area contributed by atoms with E-state index in [0.29, 0.717) is 0 Å². The van der Waals surface area contributed by atoms with Crippen molar-refractivity contribution >= 4 is 21.9 Å². The summed E-state index contributed by atoms with van der Waals surface area (Å²) in [6.45, 7) is 0.0262. The number of hydrogen-bond donors (Lipinski definition) is 0. The summed E-state index contributed by atoms with van der Waals surface area (Å²) in [6.07, 6.45) is 1.12. The first-order valence-electron chi connectivity index (χ1n) is 5.19. The van der Waals surface area contributed by atoms with Gasteiger partial charge >= 0.3 is 10.2 Å². The molecular formula is C10H10F2N2O3S. The zero-order valence-electron chi connectivity index (χ0n) is 9.21. The molecule has 2 heterocycles. The van der Waals surface area contributed by atoms with Crippen LogP contribution in [0.1, 0.15) is 6.42 Å². The third kappa shape index (κ3) is 3.00. The molecule has 0 aromatic carbocycles. The Balaban J connectivity index is 2.15. The Bertz CT molecular complexity index is 576. The van der Waals surface area contributed by atoms with Gasteiger partial charge in [0.1, 0.15) is 11.6 Å². The molecule has 18 heavy (non-hydrogen) atoms. The average Bonchev–Trinajstić information content (AvgIpc) is 2.56. The van der Waals surface area contributed by atoms with Crippen LogP contribution in [0.15, 0.2) is 18.3 Å². The van der Waals surface area contributed by atoms with Crippen LogP contribution < -0.4 is 4.90 Å². The lowest BCUT2D eigenvalue weighted by atomic mass is 10.1. The fraction of sp³-hybridized carbons (Fsp3) is 0.400. The zero-order valence-corrected chi connectivity index (χ0v) is 10.0. The standard InChI is InChI=1S/C10H10F2N2O3S/c11-8-1-2-13-9(4-8)14-5-7(3-10(14)15)6-18(12,16)17/h1-2,4,7H,3,5-6H2. The van der Waals surface area contributed by atoms with E-state index in [1.165, 1.54) is 11.1 Å². The SMILES string of the molecule is O=C1CC(CS(=O)(=O)F)CN1c1cc(F)ccn1. The van der Waals surface area contributed by atoms with Crippen LogP contribution in [0.2, 0.25) is 0 Å². The lowest BCUT2D eigenvalue weighted by molar-refractivity contribution is -0.117. The maximum Gasteiger partial charge on any atom is 0.302 e. The van der Waals surface area contributed by atoms with Crippen molar-refractivity contribution in [1.29, 1.82) is 0 Å². The first-order valence-corrected chi connectivity index (χ1v) is 6.74. The van der Waals surface area contributed by atoms with Gasteiger partial charge in [0.05, 0.1) is 5.75 Å². The van der Waals surface area contributed by atoms with E-state index in [9.17, 15) is 21.5 Å². The Morgan fingerprint density at radius 2 is 2.22 bits per heavy atom. The fourth-order valence-corrected chi connectivity index (χ4v) is 2.72. The minimum atomic E-state index is -4.62. The Kier molecular flexibility index (Phi) is 3.29. The largest absolute Gasteiger partial charge is 0.302 e. The zero-order chi connectivity index (χ0) is 13.3. The molecule has 5 nitrogen and oxygen atoms in total. The summed E-state index contributed by atoms with van der Waals surface area (Å²) in [5.41, 5.74) is 0. The number of nitrogens with zero attached hydrogens (tertiary/aromatic N) is 2. The molecule has 0 spiro atoms. The summed E-state index contributed by atoms with van der Waals surface area (Å²) in [5, 5.41) is 0. The van der Waals surface area contributed by atoms with Gasteiger partial charge in [0.15, 0.2) is 0 Å². The molecule has 1 aromatic rings. The highest BCUT2D eigenvalue weighted by molar-refractivity contribution is 7.86. The molecule has 0 N–H and O–H groups in total. The molecule has 1 fully saturated rings. The van der Waals surface area contributed by atoms with E-state index < -0.39 is 27.7 Å². The van der Waals surface area contributed by atoms with Crippen molar-refractivity contribution in [3.05, 3.63) is 24.1 Å². The lowest BCUT2D eigenvalue weighted by Crippen LogP contribution is -2.26. The van der Waals surface area contributed by atoms with E-state index in [1.807, 2.05) is 0 Å². The number of hydrogen-bond acceptors (Lipinski definition) is 4. The minimum absolute atomic E-state index is 0.0262. The van der Waals surface area contributed by atoms with Gasteiger partial charge in [0.2, 0.25) is 5.91 Å². The molecule has 1 aliphatic heterocycles. The molecule has 0 aliphatic carbocycles. The first-order chi connectivity index (χ1) is 8.35. The van der Waals surface area contributed by atoms with E-state index in [2.05, 4.69) is 4.98 Å². The Morgan fingerprint density at radius 3 is 2.83 bits per heavy atom. The summed E-state index contributed by atoms with van der Waals surface area (Å²) < 4.78 is 46.5. The van der Waals surface area contributed by atoms with Gasteiger partial charge < -0.3 is 0 Å². The van der Waals surface area contributed by atoms with Crippen molar-refractivity contribution in [3.8, 4) is 0 Å². The molecular weight excluding hydrogens is 266 g/mol. The Labute approximate surface area is 103 Å². The highest BCUT2D eigenvalue weighted by atomic mass is 32.3. The predicted octanol–water partition coefficient (Wildman–Crippen LogP) is 0.873. The highest BCUT2D eigenvalue weighted by Crippen LogP contribution is 2.25. The van der Waals surface area contributed by atoms with E-state index in [1.54, 1.807) is 0 Å². The molecule has 0 saturated carbocycles. The maximum absolute atomic E-state index is 13.0. The normalized spacial score (nSPS) is 20.4. The Morgan fingerprint density at radius 1 is 1.50 bits per heavy atom. The molecule has 1 aromatic heterocycles. The number of amides is 1. The van der Waals surface area contributed by atoms with Gasteiger partial charge in [-0.1, -0.05) is 0 Å². The number of pyridine rings is 1. The summed E-state index contributed by atoms with van der Waals surface area (Å²) >= 11 is 0.